The van der Waals surface area contributed by atoms with E-state index in [1.165, 1.54) is 5.01 Å². The number of hydrogen-bond acceptors (Lipinski definition) is 6. The van der Waals surface area contributed by atoms with Crippen molar-refractivity contribution in [2.75, 3.05) is 16.8 Å². The molecule has 2 aliphatic rings. The lowest BCUT2D eigenvalue weighted by molar-refractivity contribution is -0.123. The number of anilines is 2. The smallest absolute Gasteiger partial charge is 0.263 e. The fraction of sp³-hybridized carbons (Fsp3) is 0.348. The first-order valence-corrected chi connectivity index (χ1v) is 10.3. The predicted octanol–water partition coefficient (Wildman–Crippen LogP) is 3.36. The zero-order chi connectivity index (χ0) is 22.3. The molecule has 160 valence electrons. The van der Waals surface area contributed by atoms with E-state index in [-0.39, 0.29) is 12.5 Å². The van der Waals surface area contributed by atoms with E-state index in [4.69, 9.17) is 0 Å². The van der Waals surface area contributed by atoms with Crippen molar-refractivity contribution in [1.29, 1.82) is 0 Å². The van der Waals surface area contributed by atoms with Crippen LogP contribution in [-0.4, -0.2) is 41.4 Å². The molecule has 2 aromatic carbocycles. The van der Waals surface area contributed by atoms with Crippen molar-refractivity contribution in [3.63, 3.8) is 0 Å². The van der Waals surface area contributed by atoms with Crippen molar-refractivity contribution in [3.8, 4) is 0 Å². The third-order valence-corrected chi connectivity index (χ3v) is 5.86. The van der Waals surface area contributed by atoms with E-state index >= 15 is 0 Å². The second-order valence-corrected chi connectivity index (χ2v) is 8.25. The summed E-state index contributed by atoms with van der Waals surface area (Å²) in [4.78, 5) is 39.7. The fourth-order valence-corrected chi connectivity index (χ4v) is 3.84. The summed E-state index contributed by atoms with van der Waals surface area (Å²) in [6.07, 6.45) is 0. The van der Waals surface area contributed by atoms with Crippen LogP contribution in [0.5, 0.6) is 0 Å². The topological polar surface area (TPSA) is 94.4 Å². The Labute approximate surface area is 180 Å². The highest BCUT2D eigenvalue weighted by Gasteiger charge is 2.55. The number of amides is 3. The van der Waals surface area contributed by atoms with Crippen LogP contribution < -0.4 is 10.2 Å². The standard InChI is InChI=1S/C23H25N5O3/c1-13(2)16-8-10-17(11-9-16)28-22(30)20-21(23(28)31)27(26-25-20)12-19(29)24-18-7-5-6-14(3)15(18)4/h5-11,13,20-21H,12H2,1-4H3,(H,24,29)/t20-,21-/m1/s1. The molecule has 0 aliphatic carbocycles. The van der Waals surface area contributed by atoms with Crippen LogP contribution in [-0.2, 0) is 14.4 Å². The zero-order valence-corrected chi connectivity index (χ0v) is 18.0. The summed E-state index contributed by atoms with van der Waals surface area (Å²) in [5.41, 5.74) is 4.36. The summed E-state index contributed by atoms with van der Waals surface area (Å²) >= 11 is 0. The second-order valence-electron chi connectivity index (χ2n) is 8.25. The molecule has 8 nitrogen and oxygen atoms in total. The van der Waals surface area contributed by atoms with Gasteiger partial charge < -0.3 is 5.32 Å². The number of nitrogens with zero attached hydrogens (tertiary/aromatic N) is 4. The number of hydrogen-bond donors (Lipinski definition) is 1. The number of rotatable bonds is 5. The minimum Gasteiger partial charge on any atom is -0.324 e. The minimum absolute atomic E-state index is 0.169. The number of nitrogens with one attached hydrogen (secondary N) is 1. The van der Waals surface area contributed by atoms with Gasteiger partial charge in [-0.15, -0.1) is 0 Å². The summed E-state index contributed by atoms with van der Waals surface area (Å²) in [5, 5.41) is 12.1. The van der Waals surface area contributed by atoms with E-state index in [9.17, 15) is 14.4 Å². The SMILES string of the molecule is Cc1cccc(NC(=O)CN2N=N[C@H]3C(=O)N(c4ccc(C(C)C)cc4)C(=O)[C@@H]32)c1C. The quantitative estimate of drug-likeness (QED) is 0.752. The lowest BCUT2D eigenvalue weighted by Crippen LogP contribution is -2.43. The number of aryl methyl sites for hydroxylation is 1. The molecule has 4 rings (SSSR count). The van der Waals surface area contributed by atoms with Crippen molar-refractivity contribution in [2.24, 2.45) is 10.3 Å². The summed E-state index contributed by atoms with van der Waals surface area (Å²) in [6, 6.07) is 11.2. The molecule has 0 radical (unpaired) electrons. The molecule has 2 heterocycles. The molecule has 0 bridgehead atoms. The van der Waals surface area contributed by atoms with Gasteiger partial charge in [-0.25, -0.2) is 4.90 Å². The molecule has 2 aliphatic heterocycles. The van der Waals surface area contributed by atoms with Gasteiger partial charge in [-0.1, -0.05) is 43.3 Å². The van der Waals surface area contributed by atoms with Crippen molar-refractivity contribution in [2.45, 2.75) is 45.7 Å². The maximum Gasteiger partial charge on any atom is 0.263 e. The Morgan fingerprint density at radius 3 is 2.45 bits per heavy atom. The molecule has 2 aromatic rings. The molecule has 1 fully saturated rings. The van der Waals surface area contributed by atoms with E-state index < -0.39 is 23.9 Å². The van der Waals surface area contributed by atoms with Gasteiger partial charge in [-0.3, -0.25) is 19.4 Å². The van der Waals surface area contributed by atoms with E-state index in [1.54, 1.807) is 12.1 Å². The van der Waals surface area contributed by atoms with Crippen molar-refractivity contribution >= 4 is 29.1 Å². The summed E-state index contributed by atoms with van der Waals surface area (Å²) < 4.78 is 0. The number of imide groups is 1. The van der Waals surface area contributed by atoms with Gasteiger partial charge in [0, 0.05) is 5.69 Å². The predicted molar refractivity (Wildman–Crippen MR) is 117 cm³/mol. The average molecular weight is 419 g/mol. The second kappa shape index (κ2) is 7.94. The third kappa shape index (κ3) is 3.69. The first kappa shape index (κ1) is 20.7. The molecule has 0 spiro atoms. The van der Waals surface area contributed by atoms with Crippen LogP contribution in [0.25, 0.3) is 0 Å². The highest BCUT2D eigenvalue weighted by Crippen LogP contribution is 2.32. The first-order chi connectivity index (χ1) is 14.8. The number of carbonyl (C=O) groups is 3. The van der Waals surface area contributed by atoms with Gasteiger partial charge in [0.25, 0.3) is 11.8 Å². The van der Waals surface area contributed by atoms with E-state index in [2.05, 4.69) is 29.5 Å². The van der Waals surface area contributed by atoms with Crippen LogP contribution in [0.15, 0.2) is 52.8 Å². The Balaban J connectivity index is 1.49. The maximum absolute atomic E-state index is 13.1. The molecule has 2 atom stereocenters. The molecular weight excluding hydrogens is 394 g/mol. The van der Waals surface area contributed by atoms with Gasteiger partial charge in [0.2, 0.25) is 5.91 Å². The lowest BCUT2D eigenvalue weighted by Gasteiger charge is -2.20. The van der Waals surface area contributed by atoms with Gasteiger partial charge in [-0.05, 0) is 54.7 Å². The van der Waals surface area contributed by atoms with E-state index in [0.717, 1.165) is 21.6 Å². The molecule has 31 heavy (non-hydrogen) atoms. The highest BCUT2D eigenvalue weighted by atomic mass is 16.2. The summed E-state index contributed by atoms with van der Waals surface area (Å²) in [5.74, 6) is -0.822. The molecule has 0 aromatic heterocycles. The largest absolute Gasteiger partial charge is 0.324 e. The Kier molecular flexibility index (Phi) is 5.31. The van der Waals surface area contributed by atoms with Gasteiger partial charge in [0.05, 0.1) is 5.69 Å². The summed E-state index contributed by atoms with van der Waals surface area (Å²) in [6.45, 7) is 7.88. The van der Waals surface area contributed by atoms with Gasteiger partial charge in [0.15, 0.2) is 12.1 Å². The molecule has 1 saturated heterocycles. The Morgan fingerprint density at radius 2 is 1.77 bits per heavy atom. The van der Waals surface area contributed by atoms with Crippen molar-refractivity contribution < 1.29 is 14.4 Å². The maximum atomic E-state index is 13.1. The number of fused-ring (bicyclic) bond motifs is 1. The Hall–Kier alpha value is -3.55. The molecule has 0 saturated carbocycles. The van der Waals surface area contributed by atoms with Crippen LogP contribution in [0.2, 0.25) is 0 Å². The Morgan fingerprint density at radius 1 is 1.06 bits per heavy atom. The highest BCUT2D eigenvalue weighted by molar-refractivity contribution is 6.25. The van der Waals surface area contributed by atoms with E-state index in [0.29, 0.717) is 17.3 Å². The third-order valence-electron chi connectivity index (χ3n) is 5.86. The van der Waals surface area contributed by atoms with Crippen LogP contribution in [0, 0.1) is 13.8 Å². The lowest BCUT2D eigenvalue weighted by atomic mass is 10.0. The zero-order valence-electron chi connectivity index (χ0n) is 18.0. The van der Waals surface area contributed by atoms with Crippen molar-refractivity contribution in [3.05, 3.63) is 59.2 Å². The molecule has 1 N–H and O–H groups in total. The van der Waals surface area contributed by atoms with E-state index in [1.807, 2.05) is 44.2 Å². The van der Waals surface area contributed by atoms with Gasteiger partial charge in [0.1, 0.15) is 6.54 Å². The average Bonchev–Trinajstić information content (AvgIpc) is 3.25. The molecule has 0 unspecified atom stereocenters. The minimum atomic E-state index is -0.925. The monoisotopic (exact) mass is 419 g/mol. The van der Waals surface area contributed by atoms with Gasteiger partial charge in [-0.2, -0.15) is 5.11 Å². The first-order valence-electron chi connectivity index (χ1n) is 10.3. The molecular formula is C23H25N5O3. The van der Waals surface area contributed by atoms with Crippen LogP contribution in [0.3, 0.4) is 0 Å². The number of benzene rings is 2. The number of carbonyl (C=O) groups excluding carboxylic acids is 3. The normalized spacial score (nSPS) is 20.0. The van der Waals surface area contributed by atoms with Crippen LogP contribution in [0.1, 0.15) is 36.5 Å². The van der Waals surface area contributed by atoms with Crippen LogP contribution in [0.4, 0.5) is 11.4 Å². The molecule has 8 heteroatoms. The molecule has 3 amide bonds. The Bertz CT molecular complexity index is 1080. The fourth-order valence-electron chi connectivity index (χ4n) is 3.84. The van der Waals surface area contributed by atoms with Crippen LogP contribution >= 0.6 is 0 Å². The van der Waals surface area contributed by atoms with Gasteiger partial charge >= 0.3 is 0 Å². The van der Waals surface area contributed by atoms with Crippen molar-refractivity contribution in [1.82, 2.24) is 5.01 Å². The summed E-state index contributed by atoms with van der Waals surface area (Å²) in [7, 11) is 0.